The molecule has 0 amide bonds. The van der Waals surface area contributed by atoms with Crippen LogP contribution in [0.25, 0.3) is 0 Å². The summed E-state index contributed by atoms with van der Waals surface area (Å²) in [6.45, 7) is 7.71. The van der Waals surface area contributed by atoms with Crippen molar-refractivity contribution in [1.29, 1.82) is 0 Å². The Kier molecular flexibility index (Phi) is 3.35. The average molecular weight is 214 g/mol. The predicted molar refractivity (Wildman–Crippen MR) is 59.5 cm³/mol. The van der Waals surface area contributed by atoms with Crippen LogP contribution in [0.5, 0.6) is 0 Å². The first-order valence-corrected chi connectivity index (χ1v) is 5.62. The van der Waals surface area contributed by atoms with Gasteiger partial charge in [-0.05, 0) is 29.3 Å². The maximum Gasteiger partial charge on any atom is 0.106 e. The van der Waals surface area contributed by atoms with E-state index in [-0.39, 0.29) is 5.41 Å². The number of thiophene rings is 1. The van der Waals surface area contributed by atoms with Crippen molar-refractivity contribution < 1.29 is 10.2 Å². The van der Waals surface area contributed by atoms with Crippen molar-refractivity contribution in [2.45, 2.75) is 39.9 Å². The van der Waals surface area contributed by atoms with E-state index in [9.17, 15) is 10.2 Å². The van der Waals surface area contributed by atoms with Crippen molar-refractivity contribution in [2.24, 2.45) is 5.41 Å². The minimum atomic E-state index is -0.777. The van der Waals surface area contributed by atoms with Crippen LogP contribution >= 0.6 is 11.3 Å². The molecular formula is C11H18O2S. The molecule has 1 aromatic heterocycles. The highest BCUT2D eigenvalue weighted by Gasteiger charge is 2.31. The normalized spacial score (nSPS) is 16.7. The highest BCUT2D eigenvalue weighted by molar-refractivity contribution is 7.10. The van der Waals surface area contributed by atoms with Gasteiger partial charge in [0.05, 0.1) is 6.10 Å². The lowest BCUT2D eigenvalue weighted by Gasteiger charge is -2.30. The van der Waals surface area contributed by atoms with Gasteiger partial charge in [0.1, 0.15) is 6.10 Å². The third-order valence-corrected chi connectivity index (χ3v) is 3.27. The molecule has 2 N–H and O–H groups in total. The molecule has 0 aliphatic heterocycles. The fraction of sp³-hybridized carbons (Fsp3) is 0.636. The first-order chi connectivity index (χ1) is 6.34. The van der Waals surface area contributed by atoms with E-state index in [4.69, 9.17) is 0 Å². The Morgan fingerprint density at radius 1 is 1.29 bits per heavy atom. The number of hydrogen-bond acceptors (Lipinski definition) is 3. The van der Waals surface area contributed by atoms with E-state index in [1.54, 1.807) is 11.3 Å². The zero-order valence-electron chi connectivity index (χ0n) is 9.11. The minimum absolute atomic E-state index is 0.298. The summed E-state index contributed by atoms with van der Waals surface area (Å²) in [5.74, 6) is 0. The first-order valence-electron chi connectivity index (χ1n) is 4.74. The number of aryl methyl sites for hydroxylation is 1. The number of rotatable bonds is 2. The summed E-state index contributed by atoms with van der Waals surface area (Å²) in [6, 6.07) is 1.87. The predicted octanol–water partition coefficient (Wildman–Crippen LogP) is 2.50. The number of hydrogen-bond donors (Lipinski definition) is 2. The third-order valence-electron chi connectivity index (χ3n) is 2.40. The molecule has 0 aromatic carbocycles. The summed E-state index contributed by atoms with van der Waals surface area (Å²) in [5.41, 5.74) is 0.547. The molecule has 2 nitrogen and oxygen atoms in total. The quantitative estimate of drug-likeness (QED) is 0.794. The van der Waals surface area contributed by atoms with E-state index in [1.807, 2.05) is 39.1 Å². The standard InChI is InChI=1S/C11H18O2S/c1-7-8(5-6-14-7)9(12)10(13)11(2,3)4/h5-6,9-10,12-13H,1-4H3. The van der Waals surface area contributed by atoms with Gasteiger partial charge in [-0.15, -0.1) is 11.3 Å². The van der Waals surface area contributed by atoms with Gasteiger partial charge in [0.2, 0.25) is 0 Å². The lowest BCUT2D eigenvalue weighted by molar-refractivity contribution is -0.0458. The SMILES string of the molecule is Cc1sccc1C(O)C(O)C(C)(C)C. The Balaban J connectivity index is 2.86. The van der Waals surface area contributed by atoms with E-state index >= 15 is 0 Å². The summed E-state index contributed by atoms with van der Waals surface area (Å²) < 4.78 is 0. The van der Waals surface area contributed by atoms with Crippen LogP contribution in [0.4, 0.5) is 0 Å². The summed E-state index contributed by atoms with van der Waals surface area (Å²) in [6.07, 6.45) is -1.50. The molecule has 0 bridgehead atoms. The van der Waals surface area contributed by atoms with Crippen molar-refractivity contribution in [1.82, 2.24) is 0 Å². The summed E-state index contributed by atoms with van der Waals surface area (Å²) in [7, 11) is 0. The number of aliphatic hydroxyl groups excluding tert-OH is 2. The zero-order valence-corrected chi connectivity index (χ0v) is 9.93. The lowest BCUT2D eigenvalue weighted by atomic mass is 9.84. The molecular weight excluding hydrogens is 196 g/mol. The lowest BCUT2D eigenvalue weighted by Crippen LogP contribution is -2.32. The fourth-order valence-electron chi connectivity index (χ4n) is 1.35. The molecule has 1 heterocycles. The van der Waals surface area contributed by atoms with Gasteiger partial charge in [0.15, 0.2) is 0 Å². The smallest absolute Gasteiger partial charge is 0.106 e. The molecule has 0 radical (unpaired) electrons. The van der Waals surface area contributed by atoms with Gasteiger partial charge in [0.25, 0.3) is 0 Å². The van der Waals surface area contributed by atoms with Gasteiger partial charge < -0.3 is 10.2 Å². The second-order valence-electron chi connectivity index (χ2n) is 4.69. The van der Waals surface area contributed by atoms with Crippen molar-refractivity contribution in [2.75, 3.05) is 0 Å². The third kappa shape index (κ3) is 2.35. The van der Waals surface area contributed by atoms with Crippen molar-refractivity contribution in [3.05, 3.63) is 21.9 Å². The molecule has 0 aliphatic rings. The van der Waals surface area contributed by atoms with Crippen molar-refractivity contribution in [3.8, 4) is 0 Å². The van der Waals surface area contributed by atoms with E-state index in [1.165, 1.54) is 0 Å². The second kappa shape index (κ2) is 4.01. The summed E-state index contributed by atoms with van der Waals surface area (Å²) >= 11 is 1.59. The van der Waals surface area contributed by atoms with Crippen LogP contribution in [0.3, 0.4) is 0 Å². The molecule has 0 fully saturated rings. The Morgan fingerprint density at radius 2 is 1.86 bits per heavy atom. The minimum Gasteiger partial charge on any atom is -0.390 e. The van der Waals surface area contributed by atoms with Crippen LogP contribution in [-0.4, -0.2) is 16.3 Å². The highest BCUT2D eigenvalue weighted by atomic mass is 32.1. The molecule has 3 heteroatoms. The largest absolute Gasteiger partial charge is 0.390 e. The molecule has 2 unspecified atom stereocenters. The van der Waals surface area contributed by atoms with E-state index in [2.05, 4.69) is 0 Å². The first kappa shape index (κ1) is 11.7. The van der Waals surface area contributed by atoms with Gasteiger partial charge in [-0.3, -0.25) is 0 Å². The van der Waals surface area contributed by atoms with Crippen LogP contribution < -0.4 is 0 Å². The molecule has 1 aromatic rings. The van der Waals surface area contributed by atoms with Crippen LogP contribution in [0.2, 0.25) is 0 Å². The monoisotopic (exact) mass is 214 g/mol. The van der Waals surface area contributed by atoms with Gasteiger partial charge in [0, 0.05) is 4.88 Å². The molecule has 0 saturated carbocycles. The Hall–Kier alpha value is -0.380. The second-order valence-corrected chi connectivity index (χ2v) is 5.81. The Bertz CT molecular complexity index is 298. The van der Waals surface area contributed by atoms with Crippen LogP contribution in [0.15, 0.2) is 11.4 Å². The van der Waals surface area contributed by atoms with Crippen molar-refractivity contribution in [3.63, 3.8) is 0 Å². The van der Waals surface area contributed by atoms with Gasteiger partial charge in [-0.1, -0.05) is 20.8 Å². The molecule has 0 saturated heterocycles. The zero-order chi connectivity index (χ0) is 10.9. The molecule has 80 valence electrons. The topological polar surface area (TPSA) is 40.5 Å². The molecule has 0 spiro atoms. The maximum absolute atomic E-state index is 9.95. The van der Waals surface area contributed by atoms with Crippen LogP contribution in [0, 0.1) is 12.3 Å². The van der Waals surface area contributed by atoms with Crippen LogP contribution in [-0.2, 0) is 0 Å². The van der Waals surface area contributed by atoms with Gasteiger partial charge in [-0.2, -0.15) is 0 Å². The maximum atomic E-state index is 9.95. The average Bonchev–Trinajstić information content (AvgIpc) is 2.47. The number of aliphatic hydroxyl groups is 2. The van der Waals surface area contributed by atoms with Crippen LogP contribution in [0.1, 0.15) is 37.3 Å². The van der Waals surface area contributed by atoms with Gasteiger partial charge in [-0.25, -0.2) is 0 Å². The van der Waals surface area contributed by atoms with E-state index in [0.717, 1.165) is 10.4 Å². The van der Waals surface area contributed by atoms with E-state index < -0.39 is 12.2 Å². The molecule has 14 heavy (non-hydrogen) atoms. The van der Waals surface area contributed by atoms with Gasteiger partial charge >= 0.3 is 0 Å². The Labute approximate surface area is 89.2 Å². The molecule has 2 atom stereocenters. The van der Waals surface area contributed by atoms with Crippen molar-refractivity contribution >= 4 is 11.3 Å². The Morgan fingerprint density at radius 3 is 2.21 bits per heavy atom. The highest BCUT2D eigenvalue weighted by Crippen LogP contribution is 2.32. The van der Waals surface area contributed by atoms with E-state index in [0.29, 0.717) is 0 Å². The summed E-state index contributed by atoms with van der Waals surface area (Å²) in [5, 5.41) is 21.8. The summed E-state index contributed by atoms with van der Waals surface area (Å²) in [4.78, 5) is 1.07. The molecule has 0 aliphatic carbocycles. The fourth-order valence-corrected chi connectivity index (χ4v) is 2.09. The molecule has 1 rings (SSSR count).